The molecule has 0 radical (unpaired) electrons. The molecule has 22 heavy (non-hydrogen) atoms. The van der Waals surface area contributed by atoms with E-state index in [0.717, 1.165) is 9.37 Å². The van der Waals surface area contributed by atoms with Gasteiger partial charge in [-0.15, -0.1) is 11.8 Å². The van der Waals surface area contributed by atoms with Gasteiger partial charge in [0.25, 0.3) is 0 Å². The van der Waals surface area contributed by atoms with Crippen LogP contribution >= 0.6 is 27.7 Å². The molecule has 1 saturated heterocycles. The molecule has 1 aromatic rings. The van der Waals surface area contributed by atoms with Gasteiger partial charge in [-0.3, -0.25) is 9.59 Å². The Kier molecular flexibility index (Phi) is 5.92. The number of likely N-dealkylation sites (tertiary alicyclic amines) is 1. The Balaban J connectivity index is 1.93. The minimum absolute atomic E-state index is 0.0000747. The standard InChI is InChI=1S/C16H20BrNO3S/c1-10-9-18(8-7-14(10)16(20)21)15(19)11(2)22-13-5-3-12(17)4-6-13/h3-6,10-11,14H,7-9H2,1-2H3,(H,20,21). The Labute approximate surface area is 143 Å². The minimum atomic E-state index is -0.753. The quantitative estimate of drug-likeness (QED) is 0.805. The fraction of sp³-hybridized carbons (Fsp3) is 0.500. The molecule has 4 nitrogen and oxygen atoms in total. The van der Waals surface area contributed by atoms with Crippen molar-refractivity contribution in [2.24, 2.45) is 11.8 Å². The second-order valence-electron chi connectivity index (χ2n) is 5.71. The summed E-state index contributed by atoms with van der Waals surface area (Å²) in [5.41, 5.74) is 0. The maximum Gasteiger partial charge on any atom is 0.306 e. The van der Waals surface area contributed by atoms with Crippen molar-refractivity contribution in [2.75, 3.05) is 13.1 Å². The molecule has 0 aliphatic carbocycles. The van der Waals surface area contributed by atoms with Crippen LogP contribution in [-0.2, 0) is 9.59 Å². The first-order valence-electron chi connectivity index (χ1n) is 7.32. The van der Waals surface area contributed by atoms with Gasteiger partial charge in [0.15, 0.2) is 0 Å². The van der Waals surface area contributed by atoms with Crippen LogP contribution < -0.4 is 0 Å². The molecule has 0 aromatic heterocycles. The van der Waals surface area contributed by atoms with Gasteiger partial charge in [-0.2, -0.15) is 0 Å². The number of piperidine rings is 1. The number of carbonyl (C=O) groups is 2. The number of carboxylic acid groups (broad SMARTS) is 1. The summed E-state index contributed by atoms with van der Waals surface area (Å²) < 4.78 is 1.01. The lowest BCUT2D eigenvalue weighted by Crippen LogP contribution is -2.47. The monoisotopic (exact) mass is 385 g/mol. The number of thioether (sulfide) groups is 1. The zero-order chi connectivity index (χ0) is 16.3. The van der Waals surface area contributed by atoms with E-state index in [0.29, 0.717) is 19.5 Å². The van der Waals surface area contributed by atoms with Crippen molar-refractivity contribution in [1.82, 2.24) is 4.90 Å². The molecule has 1 heterocycles. The highest BCUT2D eigenvalue weighted by Gasteiger charge is 2.34. The molecular formula is C16H20BrNO3S. The predicted octanol–water partition coefficient (Wildman–Crippen LogP) is 3.50. The van der Waals surface area contributed by atoms with E-state index in [4.69, 9.17) is 5.11 Å². The van der Waals surface area contributed by atoms with Crippen LogP contribution in [0.3, 0.4) is 0 Å². The summed E-state index contributed by atoms with van der Waals surface area (Å²) in [7, 11) is 0. The van der Waals surface area contributed by atoms with Gasteiger partial charge in [0.05, 0.1) is 11.2 Å². The number of aliphatic carboxylic acids is 1. The third-order valence-electron chi connectivity index (χ3n) is 4.01. The summed E-state index contributed by atoms with van der Waals surface area (Å²) in [4.78, 5) is 26.5. The topological polar surface area (TPSA) is 57.6 Å². The molecule has 1 fully saturated rings. The van der Waals surface area contributed by atoms with Crippen LogP contribution in [0, 0.1) is 11.8 Å². The molecule has 1 amide bonds. The summed E-state index contributed by atoms with van der Waals surface area (Å²) in [5.74, 6) is -1.00. The average molecular weight is 386 g/mol. The van der Waals surface area contributed by atoms with E-state index in [1.807, 2.05) is 38.1 Å². The van der Waals surface area contributed by atoms with Crippen LogP contribution in [0.15, 0.2) is 33.6 Å². The average Bonchev–Trinajstić information content (AvgIpc) is 2.48. The van der Waals surface area contributed by atoms with Crippen molar-refractivity contribution in [2.45, 2.75) is 30.4 Å². The summed E-state index contributed by atoms with van der Waals surface area (Å²) in [6.07, 6.45) is 0.540. The third-order valence-corrected chi connectivity index (χ3v) is 5.64. The van der Waals surface area contributed by atoms with E-state index >= 15 is 0 Å². The number of carbonyl (C=O) groups excluding carboxylic acids is 1. The Hall–Kier alpha value is -1.01. The van der Waals surface area contributed by atoms with Gasteiger partial charge in [0.1, 0.15) is 0 Å². The molecule has 6 heteroatoms. The number of hydrogen-bond acceptors (Lipinski definition) is 3. The lowest BCUT2D eigenvalue weighted by molar-refractivity contribution is -0.148. The fourth-order valence-electron chi connectivity index (χ4n) is 2.74. The second kappa shape index (κ2) is 7.51. The number of halogens is 1. The van der Waals surface area contributed by atoms with Crippen molar-refractivity contribution in [3.8, 4) is 0 Å². The molecule has 0 spiro atoms. The van der Waals surface area contributed by atoms with Crippen molar-refractivity contribution < 1.29 is 14.7 Å². The van der Waals surface area contributed by atoms with E-state index < -0.39 is 5.97 Å². The number of carboxylic acids is 1. The van der Waals surface area contributed by atoms with E-state index in [1.165, 1.54) is 11.8 Å². The number of rotatable bonds is 4. The Morgan fingerprint density at radius 1 is 1.36 bits per heavy atom. The minimum Gasteiger partial charge on any atom is -0.481 e. The summed E-state index contributed by atoms with van der Waals surface area (Å²) in [6.45, 7) is 4.88. The molecule has 2 rings (SSSR count). The van der Waals surface area contributed by atoms with Crippen LogP contribution in [0.25, 0.3) is 0 Å². The van der Waals surface area contributed by atoms with Crippen LogP contribution in [0.1, 0.15) is 20.3 Å². The first kappa shape index (κ1) is 17.3. The van der Waals surface area contributed by atoms with Gasteiger partial charge in [0, 0.05) is 22.5 Å². The zero-order valence-electron chi connectivity index (χ0n) is 12.7. The maximum atomic E-state index is 12.5. The molecule has 1 N–H and O–H groups in total. The van der Waals surface area contributed by atoms with Crippen molar-refractivity contribution in [3.63, 3.8) is 0 Å². The van der Waals surface area contributed by atoms with Gasteiger partial charge in [0.2, 0.25) is 5.91 Å². The Bertz CT molecular complexity index is 549. The summed E-state index contributed by atoms with van der Waals surface area (Å²) >= 11 is 4.93. The molecule has 3 atom stereocenters. The van der Waals surface area contributed by atoms with Crippen molar-refractivity contribution >= 4 is 39.6 Å². The van der Waals surface area contributed by atoms with Crippen molar-refractivity contribution in [3.05, 3.63) is 28.7 Å². The molecule has 1 aliphatic rings. The fourth-order valence-corrected chi connectivity index (χ4v) is 3.95. The molecule has 120 valence electrons. The first-order chi connectivity index (χ1) is 10.4. The number of benzene rings is 1. The van der Waals surface area contributed by atoms with Crippen LogP contribution in [0.4, 0.5) is 0 Å². The van der Waals surface area contributed by atoms with Gasteiger partial charge in [-0.25, -0.2) is 0 Å². The molecule has 1 aromatic carbocycles. The van der Waals surface area contributed by atoms with Gasteiger partial charge >= 0.3 is 5.97 Å². The first-order valence-corrected chi connectivity index (χ1v) is 8.99. The highest BCUT2D eigenvalue weighted by atomic mass is 79.9. The van der Waals surface area contributed by atoms with Crippen LogP contribution in [-0.4, -0.2) is 40.2 Å². The lowest BCUT2D eigenvalue weighted by atomic mass is 9.87. The molecular weight excluding hydrogens is 366 g/mol. The van der Waals surface area contributed by atoms with Gasteiger partial charge in [-0.1, -0.05) is 22.9 Å². The van der Waals surface area contributed by atoms with Crippen molar-refractivity contribution in [1.29, 1.82) is 0 Å². The highest BCUT2D eigenvalue weighted by molar-refractivity contribution is 9.10. The van der Waals surface area contributed by atoms with Crippen LogP contribution in [0.5, 0.6) is 0 Å². The van der Waals surface area contributed by atoms with Gasteiger partial charge in [-0.05, 0) is 43.5 Å². The number of hydrogen-bond donors (Lipinski definition) is 1. The molecule has 1 aliphatic heterocycles. The van der Waals surface area contributed by atoms with E-state index in [-0.39, 0.29) is 23.0 Å². The zero-order valence-corrected chi connectivity index (χ0v) is 15.1. The van der Waals surface area contributed by atoms with Crippen LogP contribution in [0.2, 0.25) is 0 Å². The van der Waals surface area contributed by atoms with E-state index in [9.17, 15) is 9.59 Å². The SMILES string of the molecule is CC(Sc1ccc(Br)cc1)C(=O)N1CCC(C(=O)O)C(C)C1. The largest absolute Gasteiger partial charge is 0.481 e. The number of nitrogens with zero attached hydrogens (tertiary/aromatic N) is 1. The summed E-state index contributed by atoms with van der Waals surface area (Å²) in [6, 6.07) is 7.88. The van der Waals surface area contributed by atoms with E-state index in [2.05, 4.69) is 15.9 Å². The maximum absolute atomic E-state index is 12.5. The molecule has 0 saturated carbocycles. The Morgan fingerprint density at radius 2 is 2.00 bits per heavy atom. The normalized spacial score (nSPS) is 23.1. The highest BCUT2D eigenvalue weighted by Crippen LogP contribution is 2.29. The Morgan fingerprint density at radius 3 is 2.55 bits per heavy atom. The lowest BCUT2D eigenvalue weighted by Gasteiger charge is -2.36. The molecule has 3 unspecified atom stereocenters. The number of amides is 1. The summed E-state index contributed by atoms with van der Waals surface area (Å²) in [5, 5.41) is 8.98. The molecule has 0 bridgehead atoms. The van der Waals surface area contributed by atoms with E-state index in [1.54, 1.807) is 4.90 Å². The van der Waals surface area contributed by atoms with Gasteiger partial charge < -0.3 is 10.0 Å². The third kappa shape index (κ3) is 4.26. The second-order valence-corrected chi connectivity index (χ2v) is 8.04. The predicted molar refractivity (Wildman–Crippen MR) is 90.9 cm³/mol. The smallest absolute Gasteiger partial charge is 0.306 e.